The molecule has 0 spiro atoms. The Morgan fingerprint density at radius 1 is 1.14 bits per heavy atom. The third-order valence-electron chi connectivity index (χ3n) is 7.42. The molecule has 42 heavy (non-hydrogen) atoms. The molecule has 6 rings (SSSR count). The fraction of sp³-hybridized carbons (Fsp3) is 0.281. The Bertz CT molecular complexity index is 1750. The van der Waals surface area contributed by atoms with Gasteiger partial charge in [0, 0.05) is 17.0 Å². The van der Waals surface area contributed by atoms with Crippen LogP contribution >= 0.6 is 22.9 Å². The molecule has 3 heterocycles. The van der Waals surface area contributed by atoms with Crippen molar-refractivity contribution in [1.29, 1.82) is 0 Å². The van der Waals surface area contributed by atoms with Gasteiger partial charge in [0.25, 0.3) is 5.78 Å². The minimum absolute atomic E-state index is 0.0149. The smallest absolute Gasteiger partial charge is 0.301 e. The van der Waals surface area contributed by atoms with E-state index < -0.39 is 17.7 Å². The molecule has 0 bridgehead atoms. The number of aliphatic hydroxyl groups excluding tert-OH is 1. The predicted molar refractivity (Wildman–Crippen MR) is 163 cm³/mol. The Hall–Kier alpha value is -4.08. The number of halogens is 1. The van der Waals surface area contributed by atoms with Crippen molar-refractivity contribution in [2.45, 2.75) is 45.3 Å². The molecule has 1 N–H and O–H groups in total. The number of aromatic nitrogens is 1. The molecule has 0 unspecified atom stereocenters. The number of carbonyl (C=O) groups excluding carboxylic acids is 2. The van der Waals surface area contributed by atoms with E-state index in [-0.39, 0.29) is 17.4 Å². The number of benzene rings is 3. The molecular weight excluding hydrogens is 576 g/mol. The number of thiazole rings is 1. The van der Waals surface area contributed by atoms with E-state index in [9.17, 15) is 14.7 Å². The number of nitrogens with zero attached hydrogens (tertiary/aromatic N) is 2. The van der Waals surface area contributed by atoms with E-state index >= 15 is 0 Å². The van der Waals surface area contributed by atoms with Gasteiger partial charge < -0.3 is 19.3 Å². The van der Waals surface area contributed by atoms with Gasteiger partial charge in [0.2, 0.25) is 0 Å². The molecule has 4 aromatic rings. The Morgan fingerprint density at radius 2 is 1.98 bits per heavy atom. The van der Waals surface area contributed by atoms with E-state index in [1.807, 2.05) is 13.0 Å². The summed E-state index contributed by atoms with van der Waals surface area (Å²) in [5.74, 6) is -0.112. The SMILES string of the molecule is CCCCOc1ccc([C@@H]2/C(=C(\O)c3ccc4c(c3)C[C@@H](C)O4)C(=O)C(=O)N2c2nc3ccc(Cl)cc3s2)cc1OC. The molecule has 2 atom stereocenters. The first-order chi connectivity index (χ1) is 20.3. The minimum Gasteiger partial charge on any atom is -0.507 e. The molecule has 0 saturated carbocycles. The summed E-state index contributed by atoms with van der Waals surface area (Å²) in [6, 6.07) is 14.8. The molecule has 0 aliphatic carbocycles. The number of methoxy groups -OCH3 is 1. The first-order valence-electron chi connectivity index (χ1n) is 13.8. The summed E-state index contributed by atoms with van der Waals surface area (Å²) in [7, 11) is 1.54. The molecule has 8 nitrogen and oxygen atoms in total. The van der Waals surface area contributed by atoms with Crippen molar-refractivity contribution in [2.24, 2.45) is 0 Å². The number of carbonyl (C=O) groups is 2. The fourth-order valence-corrected chi connectivity index (χ4v) is 6.63. The van der Waals surface area contributed by atoms with Crippen LogP contribution in [-0.2, 0) is 16.0 Å². The Balaban J connectivity index is 1.51. The third-order valence-corrected chi connectivity index (χ3v) is 8.67. The van der Waals surface area contributed by atoms with E-state index in [0.29, 0.717) is 51.3 Å². The number of hydrogen-bond acceptors (Lipinski definition) is 8. The Kier molecular flexibility index (Phi) is 7.55. The largest absolute Gasteiger partial charge is 0.507 e. The maximum Gasteiger partial charge on any atom is 0.301 e. The highest BCUT2D eigenvalue weighted by Crippen LogP contribution is 2.46. The number of ketones is 1. The van der Waals surface area contributed by atoms with Gasteiger partial charge in [-0.05, 0) is 73.0 Å². The van der Waals surface area contributed by atoms with Gasteiger partial charge in [0.15, 0.2) is 16.6 Å². The molecule has 2 aliphatic heterocycles. The molecule has 2 aliphatic rings. The molecule has 1 aromatic heterocycles. The molecule has 1 fully saturated rings. The number of unbranched alkanes of at least 4 members (excludes halogenated alkanes) is 1. The zero-order valence-electron chi connectivity index (χ0n) is 23.3. The van der Waals surface area contributed by atoms with Crippen molar-refractivity contribution in [3.63, 3.8) is 0 Å². The van der Waals surface area contributed by atoms with Crippen LogP contribution in [0.1, 0.15) is 49.4 Å². The zero-order chi connectivity index (χ0) is 29.5. The van der Waals surface area contributed by atoms with Gasteiger partial charge in [-0.3, -0.25) is 14.5 Å². The van der Waals surface area contributed by atoms with Gasteiger partial charge in [-0.1, -0.05) is 42.3 Å². The summed E-state index contributed by atoms with van der Waals surface area (Å²) in [6.45, 7) is 4.58. The van der Waals surface area contributed by atoms with Gasteiger partial charge in [-0.15, -0.1) is 0 Å². The molecule has 10 heteroatoms. The molecular formula is C32H29ClN2O6S. The van der Waals surface area contributed by atoms with Crippen LogP contribution in [0.25, 0.3) is 16.0 Å². The topological polar surface area (TPSA) is 98.2 Å². The maximum atomic E-state index is 13.7. The van der Waals surface area contributed by atoms with Gasteiger partial charge in [0.1, 0.15) is 17.6 Å². The normalized spacial score (nSPS) is 19.3. The first kappa shape index (κ1) is 28.1. The van der Waals surface area contributed by atoms with E-state index in [1.54, 1.807) is 48.5 Å². The number of Topliss-reactive ketones (excluding diaryl/α,β-unsaturated/α-hetero) is 1. The highest BCUT2D eigenvalue weighted by molar-refractivity contribution is 7.22. The summed E-state index contributed by atoms with van der Waals surface area (Å²) in [5.41, 5.74) is 2.52. The van der Waals surface area contributed by atoms with Crippen LogP contribution in [0.2, 0.25) is 5.02 Å². The average molecular weight is 605 g/mol. The van der Waals surface area contributed by atoms with E-state index in [4.69, 9.17) is 25.8 Å². The Morgan fingerprint density at radius 3 is 2.76 bits per heavy atom. The van der Waals surface area contributed by atoms with Crippen molar-refractivity contribution < 1.29 is 28.9 Å². The van der Waals surface area contributed by atoms with Gasteiger partial charge in [-0.2, -0.15) is 0 Å². The second kappa shape index (κ2) is 11.3. The van der Waals surface area contributed by atoms with Crippen LogP contribution in [0.5, 0.6) is 17.2 Å². The van der Waals surface area contributed by atoms with E-state index in [0.717, 1.165) is 28.9 Å². The number of ether oxygens (including phenoxy) is 3. The predicted octanol–water partition coefficient (Wildman–Crippen LogP) is 7.09. The lowest BCUT2D eigenvalue weighted by atomic mass is 9.94. The number of fused-ring (bicyclic) bond motifs is 2. The molecule has 3 aromatic carbocycles. The molecule has 1 saturated heterocycles. The summed E-state index contributed by atoms with van der Waals surface area (Å²) in [5, 5.41) is 12.5. The van der Waals surface area contributed by atoms with Crippen molar-refractivity contribution in [2.75, 3.05) is 18.6 Å². The monoisotopic (exact) mass is 604 g/mol. The highest BCUT2D eigenvalue weighted by Gasteiger charge is 2.48. The van der Waals surface area contributed by atoms with Crippen LogP contribution in [0.4, 0.5) is 5.13 Å². The van der Waals surface area contributed by atoms with E-state index in [2.05, 4.69) is 11.9 Å². The quantitative estimate of drug-likeness (QED) is 0.0992. The minimum atomic E-state index is -0.969. The van der Waals surface area contributed by atoms with Crippen LogP contribution in [0.3, 0.4) is 0 Å². The lowest BCUT2D eigenvalue weighted by molar-refractivity contribution is -0.132. The molecule has 216 valence electrons. The van der Waals surface area contributed by atoms with Gasteiger partial charge in [-0.25, -0.2) is 4.98 Å². The summed E-state index contributed by atoms with van der Waals surface area (Å²) < 4.78 is 18.1. The number of hydrogen-bond donors (Lipinski definition) is 1. The summed E-state index contributed by atoms with van der Waals surface area (Å²) in [6.07, 6.45) is 2.56. The average Bonchev–Trinajstić information content (AvgIpc) is 3.64. The Labute approximate surface area is 252 Å². The van der Waals surface area contributed by atoms with Crippen LogP contribution in [0.15, 0.2) is 60.2 Å². The number of anilines is 1. The first-order valence-corrected chi connectivity index (χ1v) is 15.0. The fourth-order valence-electron chi connectivity index (χ4n) is 5.36. The van der Waals surface area contributed by atoms with Crippen LogP contribution in [-0.4, -0.2) is 41.6 Å². The van der Waals surface area contributed by atoms with Crippen LogP contribution in [0, 0.1) is 0 Å². The summed E-state index contributed by atoms with van der Waals surface area (Å²) in [4.78, 5) is 33.4. The molecule has 1 amide bonds. The lowest BCUT2D eigenvalue weighted by Gasteiger charge is -2.24. The highest BCUT2D eigenvalue weighted by atomic mass is 35.5. The van der Waals surface area contributed by atoms with Crippen molar-refractivity contribution in [1.82, 2.24) is 4.98 Å². The third kappa shape index (κ3) is 4.97. The summed E-state index contributed by atoms with van der Waals surface area (Å²) >= 11 is 7.45. The second-order valence-corrected chi connectivity index (χ2v) is 11.8. The van der Waals surface area contributed by atoms with Crippen molar-refractivity contribution in [3.05, 3.63) is 81.9 Å². The lowest BCUT2D eigenvalue weighted by Crippen LogP contribution is -2.29. The standard InChI is InChI=1S/C32H29ClN2O6S/c1-4-5-12-40-24-11-6-18(15-25(24)39-3)28-27(29(36)19-7-10-23-20(14-19)13-17(2)41-23)30(37)31(38)35(28)32-34-22-9-8-21(33)16-26(22)42-32/h6-11,14-17,28,36H,4-5,12-13H2,1-3H3/b29-27+/t17-,28-/m1/s1. The zero-order valence-corrected chi connectivity index (χ0v) is 24.9. The van der Waals surface area contributed by atoms with Crippen molar-refractivity contribution >= 4 is 55.7 Å². The van der Waals surface area contributed by atoms with Crippen molar-refractivity contribution in [3.8, 4) is 17.2 Å². The van der Waals surface area contributed by atoms with E-state index in [1.165, 1.54) is 23.3 Å². The number of rotatable bonds is 8. The van der Waals surface area contributed by atoms with Gasteiger partial charge in [0.05, 0.1) is 35.5 Å². The van der Waals surface area contributed by atoms with Crippen LogP contribution < -0.4 is 19.1 Å². The van der Waals surface area contributed by atoms with Gasteiger partial charge >= 0.3 is 5.91 Å². The molecule has 0 radical (unpaired) electrons. The maximum absolute atomic E-state index is 13.7. The number of aliphatic hydroxyl groups is 1. The second-order valence-electron chi connectivity index (χ2n) is 10.3. The number of amides is 1.